The van der Waals surface area contributed by atoms with Gasteiger partial charge in [0.1, 0.15) is 0 Å². The Balaban J connectivity index is 1.30. The number of rotatable bonds is 8. The number of likely N-dealkylation sites (N-methyl/N-ethyl adjacent to an activating group) is 1. The van der Waals surface area contributed by atoms with E-state index in [9.17, 15) is 4.79 Å². The summed E-state index contributed by atoms with van der Waals surface area (Å²) >= 11 is 6.45. The predicted molar refractivity (Wildman–Crippen MR) is 138 cm³/mol. The Kier molecular flexibility index (Phi) is 6.71. The zero-order chi connectivity index (χ0) is 24.4. The molecule has 1 unspecified atom stereocenters. The van der Waals surface area contributed by atoms with Crippen LogP contribution in [0.15, 0.2) is 48.9 Å². The quantitative estimate of drug-likeness (QED) is 0.486. The van der Waals surface area contributed by atoms with Crippen molar-refractivity contribution in [3.05, 3.63) is 76.3 Å². The van der Waals surface area contributed by atoms with E-state index in [4.69, 9.17) is 22.3 Å². The second-order valence-corrected chi connectivity index (χ2v) is 10.2. The van der Waals surface area contributed by atoms with Crippen LogP contribution in [0.3, 0.4) is 0 Å². The van der Waals surface area contributed by atoms with Gasteiger partial charge in [-0.2, -0.15) is 0 Å². The van der Waals surface area contributed by atoms with Crippen molar-refractivity contribution in [3.63, 3.8) is 0 Å². The molecule has 3 heterocycles. The van der Waals surface area contributed by atoms with Crippen LogP contribution in [0.1, 0.15) is 54.0 Å². The van der Waals surface area contributed by atoms with E-state index in [1.54, 1.807) is 12.4 Å². The van der Waals surface area contributed by atoms with Crippen LogP contribution in [0.2, 0.25) is 5.02 Å². The van der Waals surface area contributed by atoms with Crippen LogP contribution in [0.5, 0.6) is 0 Å². The van der Waals surface area contributed by atoms with Crippen molar-refractivity contribution in [2.75, 3.05) is 25.5 Å². The summed E-state index contributed by atoms with van der Waals surface area (Å²) in [6.45, 7) is 2.20. The third kappa shape index (κ3) is 5.16. The second kappa shape index (κ2) is 9.91. The molecule has 2 fully saturated rings. The van der Waals surface area contributed by atoms with Crippen molar-refractivity contribution in [1.82, 2.24) is 19.9 Å². The molecule has 1 saturated heterocycles. The molecule has 1 aliphatic carbocycles. The van der Waals surface area contributed by atoms with Crippen LogP contribution in [0.4, 0.5) is 11.6 Å². The topological polar surface area (TPSA) is 97.0 Å². The molecule has 182 valence electrons. The van der Waals surface area contributed by atoms with Crippen molar-refractivity contribution in [2.24, 2.45) is 5.73 Å². The van der Waals surface area contributed by atoms with Gasteiger partial charge in [0.2, 0.25) is 11.9 Å². The summed E-state index contributed by atoms with van der Waals surface area (Å²) in [5, 5.41) is 3.83. The molecule has 2 aromatic heterocycles. The Hall–Kier alpha value is -3.03. The summed E-state index contributed by atoms with van der Waals surface area (Å²) in [5.74, 6) is 0.736. The van der Waals surface area contributed by atoms with Gasteiger partial charge in [0, 0.05) is 12.7 Å². The molecular weight excluding hydrogens is 460 g/mol. The summed E-state index contributed by atoms with van der Waals surface area (Å²) in [5.41, 5.74) is 10.2. The highest BCUT2D eigenvalue weighted by molar-refractivity contribution is 6.31. The highest BCUT2D eigenvalue weighted by atomic mass is 35.5. The van der Waals surface area contributed by atoms with Crippen LogP contribution in [-0.4, -0.2) is 45.9 Å². The lowest BCUT2D eigenvalue weighted by Crippen LogP contribution is -2.30. The van der Waals surface area contributed by atoms with Gasteiger partial charge in [0.15, 0.2) is 0 Å². The Morgan fingerprint density at radius 2 is 2.06 bits per heavy atom. The first-order chi connectivity index (χ1) is 16.9. The average molecular weight is 491 g/mol. The fraction of sp³-hybridized carbons (Fsp3) is 0.407. The number of carbonyl (C=O) groups excluding carboxylic acids is 1. The molecule has 5 rings (SSSR count). The molecule has 0 spiro atoms. The molecule has 0 radical (unpaired) electrons. The Morgan fingerprint density at radius 1 is 1.23 bits per heavy atom. The van der Waals surface area contributed by atoms with Crippen molar-refractivity contribution in [1.29, 1.82) is 0 Å². The van der Waals surface area contributed by atoms with Gasteiger partial charge in [0.25, 0.3) is 0 Å². The fourth-order valence-electron chi connectivity index (χ4n) is 5.19. The first-order valence-corrected chi connectivity index (χ1v) is 12.6. The Morgan fingerprint density at radius 3 is 2.83 bits per heavy atom. The summed E-state index contributed by atoms with van der Waals surface area (Å²) in [6, 6.07) is 10.2. The number of hydrogen-bond acceptors (Lipinski definition) is 6. The van der Waals surface area contributed by atoms with Gasteiger partial charge in [0.05, 0.1) is 34.2 Å². The lowest BCUT2D eigenvalue weighted by atomic mass is 9.88. The van der Waals surface area contributed by atoms with Gasteiger partial charge >= 0.3 is 0 Å². The van der Waals surface area contributed by atoms with Crippen molar-refractivity contribution < 1.29 is 4.79 Å². The van der Waals surface area contributed by atoms with E-state index in [2.05, 4.69) is 39.4 Å². The molecule has 2 aliphatic rings. The third-order valence-corrected chi connectivity index (χ3v) is 7.63. The van der Waals surface area contributed by atoms with Crippen LogP contribution < -0.4 is 11.1 Å². The SMILES string of the molecule is CN1CCCC(c2cncc(Nc3ncc(Cl)c(CCc4ccccc4C4(C(N)=O)CC4)n3)c2)C1. The lowest BCUT2D eigenvalue weighted by Gasteiger charge is -2.29. The van der Waals surface area contributed by atoms with Gasteiger partial charge in [-0.3, -0.25) is 9.78 Å². The standard InChI is InChI=1S/C27H31ClN6O/c1-34-12-4-6-19(17-34)20-13-21(15-30-14-20)32-26-31-16-23(28)24(33-26)9-8-18-5-2-3-7-22(18)27(10-11-27)25(29)35/h2-3,5,7,13-16,19H,4,6,8-12,17H2,1H3,(H2,29,35)(H,31,32,33). The molecule has 1 amide bonds. The maximum Gasteiger partial charge on any atom is 0.228 e. The minimum absolute atomic E-state index is 0.243. The number of primary amides is 1. The molecule has 3 N–H and O–H groups in total. The summed E-state index contributed by atoms with van der Waals surface area (Å²) < 4.78 is 0. The normalized spacial score (nSPS) is 19.3. The number of aromatic nitrogens is 3. The molecule has 1 saturated carbocycles. The van der Waals surface area contributed by atoms with Gasteiger partial charge in [-0.1, -0.05) is 35.9 Å². The number of amides is 1. The first kappa shape index (κ1) is 23.7. The van der Waals surface area contributed by atoms with E-state index in [1.807, 2.05) is 24.4 Å². The number of nitrogens with two attached hydrogens (primary N) is 1. The maximum atomic E-state index is 12.1. The zero-order valence-corrected chi connectivity index (χ0v) is 20.8. The second-order valence-electron chi connectivity index (χ2n) is 9.83. The Bertz CT molecular complexity index is 1230. The molecule has 0 bridgehead atoms. The van der Waals surface area contributed by atoms with Crippen molar-refractivity contribution >= 4 is 29.1 Å². The number of hydrogen-bond donors (Lipinski definition) is 2. The number of halogens is 1. The van der Waals surface area contributed by atoms with Crippen molar-refractivity contribution in [2.45, 2.75) is 49.9 Å². The monoisotopic (exact) mass is 490 g/mol. The highest BCUT2D eigenvalue weighted by Crippen LogP contribution is 2.49. The van der Waals surface area contributed by atoms with E-state index in [0.717, 1.165) is 48.4 Å². The van der Waals surface area contributed by atoms with Gasteiger partial charge in [-0.15, -0.1) is 0 Å². The molecule has 7 nitrogen and oxygen atoms in total. The van der Waals surface area contributed by atoms with E-state index in [-0.39, 0.29) is 5.91 Å². The van der Waals surface area contributed by atoms with Crippen molar-refractivity contribution in [3.8, 4) is 0 Å². The summed E-state index contributed by atoms with van der Waals surface area (Å²) in [7, 11) is 2.17. The fourth-order valence-corrected chi connectivity index (χ4v) is 5.37. The number of nitrogens with one attached hydrogen (secondary N) is 1. The number of piperidine rings is 1. The molecule has 1 aromatic carbocycles. The number of likely N-dealkylation sites (tertiary alicyclic amines) is 1. The van der Waals surface area contributed by atoms with Gasteiger partial charge in [-0.25, -0.2) is 9.97 Å². The highest BCUT2D eigenvalue weighted by Gasteiger charge is 2.50. The average Bonchev–Trinajstić information content (AvgIpc) is 3.67. The van der Waals surface area contributed by atoms with E-state index < -0.39 is 5.41 Å². The minimum Gasteiger partial charge on any atom is -0.369 e. The lowest BCUT2D eigenvalue weighted by molar-refractivity contribution is -0.120. The predicted octanol–water partition coefficient (Wildman–Crippen LogP) is 4.38. The molecule has 8 heteroatoms. The van der Waals surface area contributed by atoms with Crippen LogP contribution >= 0.6 is 11.6 Å². The maximum absolute atomic E-state index is 12.1. The zero-order valence-electron chi connectivity index (χ0n) is 20.0. The number of benzene rings is 1. The number of aryl methyl sites for hydroxylation is 2. The van der Waals surface area contributed by atoms with Gasteiger partial charge in [-0.05, 0) is 80.8 Å². The number of pyridine rings is 1. The molecule has 1 atom stereocenters. The van der Waals surface area contributed by atoms with Gasteiger partial charge < -0.3 is 16.0 Å². The van der Waals surface area contributed by atoms with Crippen LogP contribution in [-0.2, 0) is 23.1 Å². The summed E-state index contributed by atoms with van der Waals surface area (Å²) in [6.07, 6.45) is 10.7. The largest absolute Gasteiger partial charge is 0.369 e. The number of carbonyl (C=O) groups is 1. The van der Waals surface area contributed by atoms with E-state index in [0.29, 0.717) is 29.7 Å². The Labute approximate surface area is 211 Å². The molecule has 35 heavy (non-hydrogen) atoms. The van der Waals surface area contributed by atoms with E-state index >= 15 is 0 Å². The number of nitrogens with zero attached hydrogens (tertiary/aromatic N) is 4. The summed E-state index contributed by atoms with van der Waals surface area (Å²) in [4.78, 5) is 28.0. The molecule has 3 aromatic rings. The van der Waals surface area contributed by atoms with Crippen LogP contribution in [0, 0.1) is 0 Å². The smallest absolute Gasteiger partial charge is 0.228 e. The van der Waals surface area contributed by atoms with Crippen LogP contribution in [0.25, 0.3) is 0 Å². The first-order valence-electron chi connectivity index (χ1n) is 12.2. The third-order valence-electron chi connectivity index (χ3n) is 7.31. The number of anilines is 2. The van der Waals surface area contributed by atoms with E-state index in [1.165, 1.54) is 18.4 Å². The minimum atomic E-state index is -0.510. The molecular formula is C27H31ClN6O. The molecule has 1 aliphatic heterocycles.